The highest BCUT2D eigenvalue weighted by atomic mass is 19.4. The fraction of sp³-hybridized carbons (Fsp3) is 0.585. The van der Waals surface area contributed by atoms with Gasteiger partial charge in [0.2, 0.25) is 29.4 Å². The average Bonchev–Trinajstić information content (AvgIpc) is 3.90. The molecular formula is C53H67F5N8O10. The zero-order chi connectivity index (χ0) is 54.7. The number of benzene rings is 1. The monoisotopic (exact) mass is 1070 g/mol. The number of nitrogens with one attached hydrogen (secondary N) is 5. The van der Waals surface area contributed by atoms with Crippen molar-refractivity contribution in [3.8, 4) is 5.75 Å². The van der Waals surface area contributed by atoms with Crippen LogP contribution in [0.25, 0.3) is 0 Å². The van der Waals surface area contributed by atoms with Gasteiger partial charge in [0.1, 0.15) is 11.8 Å². The Balaban J connectivity index is 0.738. The van der Waals surface area contributed by atoms with Crippen molar-refractivity contribution in [2.45, 2.75) is 133 Å². The zero-order valence-electron chi connectivity index (χ0n) is 43.0. The van der Waals surface area contributed by atoms with Crippen molar-refractivity contribution < 1.29 is 69.7 Å². The molecule has 76 heavy (non-hydrogen) atoms. The van der Waals surface area contributed by atoms with Crippen molar-refractivity contribution in [2.24, 2.45) is 17.8 Å². The highest BCUT2D eigenvalue weighted by molar-refractivity contribution is 5.98. The largest absolute Gasteiger partial charge is 0.493 e. The van der Waals surface area contributed by atoms with E-state index in [4.69, 9.17) is 18.9 Å². The number of pyridine rings is 2. The highest BCUT2D eigenvalue weighted by Gasteiger charge is 2.66. The van der Waals surface area contributed by atoms with E-state index in [9.17, 15) is 50.7 Å². The van der Waals surface area contributed by atoms with Crippen LogP contribution in [0.4, 0.5) is 27.6 Å². The Morgan fingerprint density at radius 3 is 2.21 bits per heavy atom. The molecule has 4 heterocycles. The SMILES string of the molecule is COc1c([C@H]2[C@H](C(=O)Nc3ccnc(C(=O)NCCNC(=O)C4CCC(NC(=O)CCCOC5CCC(OCCNC(=O)[C@H]6CC(=O)N(C)[C@@H]6c6cccnc6)CC5)CC4)c3)O[C@@](C)(C(F)(F)F)[C@H]2C)ccc(F)c1F. The predicted molar refractivity (Wildman–Crippen MR) is 264 cm³/mol. The first-order chi connectivity index (χ1) is 36.3. The molecule has 2 aliphatic carbocycles. The first-order valence-corrected chi connectivity index (χ1v) is 25.8. The molecule has 6 amide bonds. The fourth-order valence-corrected chi connectivity index (χ4v) is 10.8. The summed E-state index contributed by atoms with van der Waals surface area (Å²) in [4.78, 5) is 87.6. The number of ether oxygens (including phenoxy) is 4. The van der Waals surface area contributed by atoms with Crippen molar-refractivity contribution in [1.29, 1.82) is 0 Å². The molecule has 18 nitrogen and oxygen atoms in total. The topological polar surface area (TPSA) is 229 Å². The van der Waals surface area contributed by atoms with Crippen molar-refractivity contribution in [3.63, 3.8) is 0 Å². The number of rotatable bonds is 21. The molecule has 1 aromatic carbocycles. The molecule has 2 saturated carbocycles. The quantitative estimate of drug-likeness (QED) is 0.0628. The Bertz CT molecular complexity index is 2530. The summed E-state index contributed by atoms with van der Waals surface area (Å²) in [7, 11) is 2.73. The van der Waals surface area contributed by atoms with Gasteiger partial charge in [0, 0.05) is 99.8 Å². The summed E-state index contributed by atoms with van der Waals surface area (Å²) in [5, 5.41) is 13.9. The average molecular weight is 1070 g/mol. The van der Waals surface area contributed by atoms with Crippen LogP contribution >= 0.6 is 0 Å². The third kappa shape index (κ3) is 13.8. The number of aromatic nitrogens is 2. The molecule has 2 aliphatic heterocycles. The van der Waals surface area contributed by atoms with Gasteiger partial charge in [-0.1, -0.05) is 19.1 Å². The molecular weight excluding hydrogens is 1000 g/mol. The molecule has 7 rings (SSSR count). The number of anilines is 1. The van der Waals surface area contributed by atoms with E-state index in [2.05, 4.69) is 36.6 Å². The van der Waals surface area contributed by atoms with E-state index in [-0.39, 0.29) is 90.3 Å². The second-order valence-electron chi connectivity index (χ2n) is 20.1. The summed E-state index contributed by atoms with van der Waals surface area (Å²) in [5.74, 6) is -9.27. The van der Waals surface area contributed by atoms with Gasteiger partial charge in [-0.3, -0.25) is 38.7 Å². The molecule has 5 N–H and O–H groups in total. The number of halogens is 5. The number of carbonyl (C=O) groups excluding carboxylic acids is 6. The van der Waals surface area contributed by atoms with Crippen LogP contribution in [0.15, 0.2) is 55.0 Å². The van der Waals surface area contributed by atoms with E-state index in [0.29, 0.717) is 58.3 Å². The lowest BCUT2D eigenvalue weighted by atomic mass is 9.77. The molecule has 2 aromatic heterocycles. The number of methoxy groups -OCH3 is 1. The van der Waals surface area contributed by atoms with Crippen molar-refractivity contribution >= 4 is 41.1 Å². The minimum atomic E-state index is -4.95. The summed E-state index contributed by atoms with van der Waals surface area (Å²) < 4.78 is 94.6. The lowest BCUT2D eigenvalue weighted by Gasteiger charge is -2.32. The highest BCUT2D eigenvalue weighted by Crippen LogP contribution is 2.55. The van der Waals surface area contributed by atoms with E-state index in [1.165, 1.54) is 25.3 Å². The van der Waals surface area contributed by atoms with Crippen LogP contribution in [-0.4, -0.2) is 133 Å². The molecule has 23 heteroatoms. The number of likely N-dealkylation sites (tertiary alicyclic amines) is 1. The third-order valence-corrected chi connectivity index (χ3v) is 15.2. The lowest BCUT2D eigenvalue weighted by Crippen LogP contribution is -2.47. The second kappa shape index (κ2) is 25.7. The van der Waals surface area contributed by atoms with Gasteiger partial charge in [0.25, 0.3) is 11.8 Å². The van der Waals surface area contributed by atoms with Crippen LogP contribution < -0.4 is 31.3 Å². The van der Waals surface area contributed by atoms with Crippen molar-refractivity contribution in [2.75, 3.05) is 52.3 Å². The first kappa shape index (κ1) is 57.4. The number of hydrogen-bond donors (Lipinski definition) is 5. The maximum atomic E-state index is 14.8. The zero-order valence-corrected chi connectivity index (χ0v) is 43.0. The molecule has 0 bridgehead atoms. The molecule has 0 spiro atoms. The second-order valence-corrected chi connectivity index (χ2v) is 20.1. The van der Waals surface area contributed by atoms with Crippen LogP contribution in [0, 0.1) is 29.4 Å². The number of alkyl halides is 3. The van der Waals surface area contributed by atoms with Crippen molar-refractivity contribution in [3.05, 3.63) is 83.4 Å². The maximum Gasteiger partial charge on any atom is 0.417 e. The number of carbonyl (C=O) groups is 6. The van der Waals surface area contributed by atoms with Crippen LogP contribution in [-0.2, 0) is 38.2 Å². The minimum Gasteiger partial charge on any atom is -0.493 e. The van der Waals surface area contributed by atoms with E-state index in [1.54, 1.807) is 30.4 Å². The fourth-order valence-electron chi connectivity index (χ4n) is 10.8. The van der Waals surface area contributed by atoms with Gasteiger partial charge in [-0.15, -0.1) is 0 Å². The number of amides is 6. The van der Waals surface area contributed by atoms with Gasteiger partial charge >= 0.3 is 6.18 Å². The maximum absolute atomic E-state index is 14.8. The Kier molecular flexibility index (Phi) is 19.4. The summed E-state index contributed by atoms with van der Waals surface area (Å²) >= 11 is 0. The van der Waals surface area contributed by atoms with Crippen LogP contribution in [0.3, 0.4) is 0 Å². The Labute approximate surface area is 437 Å². The van der Waals surface area contributed by atoms with E-state index < -0.39 is 64.8 Å². The molecule has 3 aromatic rings. The van der Waals surface area contributed by atoms with Gasteiger partial charge in [0.15, 0.2) is 17.2 Å². The molecule has 0 unspecified atom stereocenters. The van der Waals surface area contributed by atoms with E-state index >= 15 is 0 Å². The van der Waals surface area contributed by atoms with Crippen LogP contribution in [0.1, 0.15) is 118 Å². The van der Waals surface area contributed by atoms with Gasteiger partial charge in [-0.2, -0.15) is 17.6 Å². The smallest absolute Gasteiger partial charge is 0.417 e. The predicted octanol–water partition coefficient (Wildman–Crippen LogP) is 5.82. The summed E-state index contributed by atoms with van der Waals surface area (Å²) in [6.07, 6.45) is 4.65. The normalized spacial score (nSPS) is 26.6. The first-order valence-electron chi connectivity index (χ1n) is 25.8. The third-order valence-electron chi connectivity index (χ3n) is 15.2. The summed E-state index contributed by atoms with van der Waals surface area (Å²) in [5.41, 5.74) is -2.38. The number of hydrogen-bond acceptors (Lipinski definition) is 12. The Morgan fingerprint density at radius 1 is 0.855 bits per heavy atom. The standard InChI is InChI=1S/C53H67F5N8O10/c1-30-43(37-17-18-39(54)44(55)46(37)73-4)47(76-52(30,2)53(56,57)58)51(72)65-34-19-21-60-40(27-34)50(71)62-23-22-61-48(69)31-9-11-33(12-10-31)64-41(67)8-6-25-74-35-13-15-36(16-14-35)75-26-24-63-49(70)38-28-42(68)66(3)45(38)32-7-5-20-59-29-32/h5,7,17-21,27,29-31,33,35-36,38,43,45,47H,6,8-16,22-26,28H2,1-4H3,(H,61,69)(H,62,71)(H,63,70)(H,64,67)(H,60,65,72)/t30-,31?,33?,35?,36?,38-,43-,45+,47+,52+/m0/s1. The molecule has 6 atom stereocenters. The van der Waals surface area contributed by atoms with E-state index in [1.807, 2.05) is 6.07 Å². The van der Waals surface area contributed by atoms with Crippen molar-refractivity contribution in [1.82, 2.24) is 36.1 Å². The molecule has 0 radical (unpaired) electrons. The minimum absolute atomic E-state index is 0.00632. The van der Waals surface area contributed by atoms with Crippen LogP contribution in [0.5, 0.6) is 5.75 Å². The Morgan fingerprint density at radius 2 is 1.54 bits per heavy atom. The van der Waals surface area contributed by atoms with Gasteiger partial charge < -0.3 is 50.4 Å². The molecule has 4 aliphatic rings. The van der Waals surface area contributed by atoms with Crippen LogP contribution in [0.2, 0.25) is 0 Å². The van der Waals surface area contributed by atoms with Gasteiger partial charge in [0.05, 0.1) is 37.9 Å². The number of nitrogens with zero attached hydrogens (tertiary/aromatic N) is 3. The molecule has 4 fully saturated rings. The Hall–Kier alpha value is -6.33. The summed E-state index contributed by atoms with van der Waals surface area (Å²) in [6, 6.07) is 7.55. The molecule has 414 valence electrons. The van der Waals surface area contributed by atoms with E-state index in [0.717, 1.165) is 57.4 Å². The molecule has 2 saturated heterocycles. The lowest BCUT2D eigenvalue weighted by molar-refractivity contribution is -0.272. The van der Waals surface area contributed by atoms with Gasteiger partial charge in [-0.25, -0.2) is 4.39 Å². The van der Waals surface area contributed by atoms with Gasteiger partial charge in [-0.05, 0) is 94.5 Å². The summed E-state index contributed by atoms with van der Waals surface area (Å²) in [6.45, 7) is 3.26.